The van der Waals surface area contributed by atoms with Gasteiger partial charge < -0.3 is 0 Å². The average molecular weight is 330 g/mol. The number of fused-ring (bicyclic) bond motifs is 1. The van der Waals surface area contributed by atoms with Crippen LogP contribution in [0.3, 0.4) is 0 Å². The van der Waals surface area contributed by atoms with Crippen molar-refractivity contribution in [2.24, 2.45) is 5.92 Å². The molecular weight excluding hydrogens is 315 g/mol. The molecule has 23 heavy (non-hydrogen) atoms. The van der Waals surface area contributed by atoms with Gasteiger partial charge in [-0.15, -0.1) is 0 Å². The standard InChI is InChI=1S/C16H15FN4OS/c17-12-3-1-4-13-14(12)19-16(23-13)21(15(22)11-5-6-11)10-9-20-8-2-7-18-20/h1-4,7-8,11H,5-6,9-10H2. The van der Waals surface area contributed by atoms with E-state index in [4.69, 9.17) is 0 Å². The molecule has 0 bridgehead atoms. The summed E-state index contributed by atoms with van der Waals surface area (Å²) in [5.74, 6) is -0.183. The Bertz CT molecular complexity index is 841. The van der Waals surface area contributed by atoms with Crippen LogP contribution in [0, 0.1) is 11.7 Å². The lowest BCUT2D eigenvalue weighted by atomic mass is 10.3. The molecule has 0 aliphatic heterocycles. The van der Waals surface area contributed by atoms with Gasteiger partial charge >= 0.3 is 0 Å². The highest BCUT2D eigenvalue weighted by Crippen LogP contribution is 2.36. The van der Waals surface area contributed by atoms with E-state index in [1.165, 1.54) is 17.4 Å². The Labute approximate surface area is 136 Å². The number of carbonyl (C=O) groups excluding carboxylic acids is 1. The van der Waals surface area contributed by atoms with Crippen LogP contribution in [-0.4, -0.2) is 27.2 Å². The zero-order valence-corrected chi connectivity index (χ0v) is 13.2. The zero-order valence-electron chi connectivity index (χ0n) is 12.4. The number of aromatic nitrogens is 3. The number of rotatable bonds is 5. The summed E-state index contributed by atoms with van der Waals surface area (Å²) in [5, 5.41) is 4.72. The Morgan fingerprint density at radius 2 is 2.26 bits per heavy atom. The topological polar surface area (TPSA) is 51.0 Å². The van der Waals surface area contributed by atoms with E-state index in [9.17, 15) is 9.18 Å². The normalized spacial score (nSPS) is 14.3. The number of hydrogen-bond acceptors (Lipinski definition) is 4. The average Bonchev–Trinajstić information content (AvgIpc) is 3.09. The minimum Gasteiger partial charge on any atom is -0.286 e. The summed E-state index contributed by atoms with van der Waals surface area (Å²) in [4.78, 5) is 18.6. The number of halogens is 1. The molecule has 1 saturated carbocycles. The quantitative estimate of drug-likeness (QED) is 0.722. The van der Waals surface area contributed by atoms with Crippen LogP contribution < -0.4 is 4.90 Å². The molecule has 1 aliphatic carbocycles. The zero-order chi connectivity index (χ0) is 15.8. The molecule has 1 fully saturated rings. The maximum Gasteiger partial charge on any atom is 0.231 e. The summed E-state index contributed by atoms with van der Waals surface area (Å²) in [5.41, 5.74) is 0.334. The Morgan fingerprint density at radius 3 is 2.96 bits per heavy atom. The summed E-state index contributed by atoms with van der Waals surface area (Å²) < 4.78 is 16.4. The highest BCUT2D eigenvalue weighted by molar-refractivity contribution is 7.22. The molecule has 0 atom stereocenters. The van der Waals surface area contributed by atoms with E-state index in [0.29, 0.717) is 23.7 Å². The minimum absolute atomic E-state index is 0.0802. The third kappa shape index (κ3) is 2.84. The first-order chi connectivity index (χ1) is 11.2. The molecule has 4 rings (SSSR count). The van der Waals surface area contributed by atoms with Crippen molar-refractivity contribution in [1.29, 1.82) is 0 Å². The Morgan fingerprint density at radius 1 is 1.39 bits per heavy atom. The van der Waals surface area contributed by atoms with Gasteiger partial charge in [0.05, 0.1) is 11.2 Å². The van der Waals surface area contributed by atoms with Gasteiger partial charge in [-0.1, -0.05) is 17.4 Å². The number of amides is 1. The number of para-hydroxylation sites is 1. The third-order valence-corrected chi connectivity index (χ3v) is 4.94. The van der Waals surface area contributed by atoms with Crippen molar-refractivity contribution in [3.63, 3.8) is 0 Å². The lowest BCUT2D eigenvalue weighted by molar-refractivity contribution is -0.119. The molecule has 7 heteroatoms. The fourth-order valence-electron chi connectivity index (χ4n) is 2.50. The molecule has 0 N–H and O–H groups in total. The Hall–Kier alpha value is -2.28. The van der Waals surface area contributed by atoms with Crippen molar-refractivity contribution in [3.05, 3.63) is 42.5 Å². The van der Waals surface area contributed by atoms with Crippen molar-refractivity contribution in [2.45, 2.75) is 19.4 Å². The van der Waals surface area contributed by atoms with Crippen LogP contribution >= 0.6 is 11.3 Å². The van der Waals surface area contributed by atoms with Gasteiger partial charge in [-0.3, -0.25) is 14.4 Å². The van der Waals surface area contributed by atoms with Crippen molar-refractivity contribution in [2.75, 3.05) is 11.4 Å². The van der Waals surface area contributed by atoms with E-state index in [2.05, 4.69) is 10.1 Å². The van der Waals surface area contributed by atoms with Crippen LogP contribution in [0.25, 0.3) is 10.2 Å². The van der Waals surface area contributed by atoms with Gasteiger partial charge in [0.25, 0.3) is 0 Å². The number of carbonyl (C=O) groups is 1. The maximum absolute atomic E-state index is 13.9. The first-order valence-electron chi connectivity index (χ1n) is 7.56. The summed E-state index contributed by atoms with van der Waals surface area (Å²) in [6, 6.07) is 6.73. The Kier molecular flexibility index (Phi) is 3.57. The van der Waals surface area contributed by atoms with Gasteiger partial charge in [0.1, 0.15) is 11.3 Å². The number of hydrogen-bond donors (Lipinski definition) is 0. The third-order valence-electron chi connectivity index (χ3n) is 3.89. The highest BCUT2D eigenvalue weighted by Gasteiger charge is 2.35. The predicted octanol–water partition coefficient (Wildman–Crippen LogP) is 3.08. The van der Waals surface area contributed by atoms with E-state index in [-0.39, 0.29) is 17.6 Å². The second-order valence-electron chi connectivity index (χ2n) is 5.62. The molecule has 0 spiro atoms. The number of nitrogens with zero attached hydrogens (tertiary/aromatic N) is 4. The second-order valence-corrected chi connectivity index (χ2v) is 6.63. The smallest absolute Gasteiger partial charge is 0.231 e. The van der Waals surface area contributed by atoms with Gasteiger partial charge in [0.15, 0.2) is 5.13 Å². The minimum atomic E-state index is -0.351. The predicted molar refractivity (Wildman–Crippen MR) is 86.9 cm³/mol. The molecule has 1 aliphatic rings. The van der Waals surface area contributed by atoms with Crippen molar-refractivity contribution in [3.8, 4) is 0 Å². The lowest BCUT2D eigenvalue weighted by Crippen LogP contribution is -2.35. The molecule has 1 aromatic carbocycles. The van der Waals surface area contributed by atoms with Crippen molar-refractivity contribution >= 4 is 32.6 Å². The van der Waals surface area contributed by atoms with Crippen molar-refractivity contribution < 1.29 is 9.18 Å². The molecule has 1 amide bonds. The molecule has 2 aromatic heterocycles. The van der Waals surface area contributed by atoms with E-state index < -0.39 is 0 Å². The number of benzene rings is 1. The molecule has 5 nitrogen and oxygen atoms in total. The van der Waals surface area contributed by atoms with Gasteiger partial charge in [-0.2, -0.15) is 5.10 Å². The second kappa shape index (κ2) is 5.73. The fraction of sp³-hybridized carbons (Fsp3) is 0.312. The van der Waals surface area contributed by atoms with Crippen LogP contribution in [0.2, 0.25) is 0 Å². The van der Waals surface area contributed by atoms with E-state index in [0.717, 1.165) is 17.5 Å². The van der Waals surface area contributed by atoms with E-state index in [1.807, 2.05) is 18.3 Å². The molecule has 2 heterocycles. The monoisotopic (exact) mass is 330 g/mol. The maximum atomic E-state index is 13.9. The van der Waals surface area contributed by atoms with Crippen LogP contribution in [-0.2, 0) is 11.3 Å². The number of anilines is 1. The Balaban J connectivity index is 1.64. The molecule has 0 unspecified atom stereocenters. The van der Waals surface area contributed by atoms with E-state index in [1.54, 1.807) is 21.8 Å². The summed E-state index contributed by atoms with van der Waals surface area (Å²) in [6.07, 6.45) is 5.42. The van der Waals surface area contributed by atoms with Gasteiger partial charge in [-0.25, -0.2) is 9.37 Å². The summed E-state index contributed by atoms with van der Waals surface area (Å²) >= 11 is 1.35. The highest BCUT2D eigenvalue weighted by atomic mass is 32.1. The lowest BCUT2D eigenvalue weighted by Gasteiger charge is -2.19. The summed E-state index contributed by atoms with van der Waals surface area (Å²) in [7, 11) is 0. The molecular formula is C16H15FN4OS. The molecule has 0 saturated heterocycles. The number of thiazole rings is 1. The van der Waals surface area contributed by atoms with Crippen LogP contribution in [0.4, 0.5) is 9.52 Å². The SMILES string of the molecule is O=C(C1CC1)N(CCn1cccn1)c1nc2c(F)cccc2s1. The van der Waals surface area contributed by atoms with Crippen molar-refractivity contribution in [1.82, 2.24) is 14.8 Å². The molecule has 118 valence electrons. The van der Waals surface area contributed by atoms with Gasteiger partial charge in [0, 0.05) is 24.9 Å². The first-order valence-corrected chi connectivity index (χ1v) is 8.38. The summed E-state index contributed by atoms with van der Waals surface area (Å²) in [6.45, 7) is 1.07. The molecule has 3 aromatic rings. The van der Waals surface area contributed by atoms with E-state index >= 15 is 0 Å². The molecule has 0 radical (unpaired) electrons. The van der Waals surface area contributed by atoms with Crippen LogP contribution in [0.15, 0.2) is 36.7 Å². The van der Waals surface area contributed by atoms with Gasteiger partial charge in [-0.05, 0) is 31.0 Å². The van der Waals surface area contributed by atoms with Crippen LogP contribution in [0.5, 0.6) is 0 Å². The largest absolute Gasteiger partial charge is 0.286 e. The van der Waals surface area contributed by atoms with Crippen LogP contribution in [0.1, 0.15) is 12.8 Å². The van der Waals surface area contributed by atoms with Gasteiger partial charge in [0.2, 0.25) is 5.91 Å². The fourth-order valence-corrected chi connectivity index (χ4v) is 3.52. The first kappa shape index (κ1) is 14.3.